The molecule has 0 bridgehead atoms. The van der Waals surface area contributed by atoms with Gasteiger partial charge in [0.15, 0.2) is 0 Å². The van der Waals surface area contributed by atoms with E-state index in [4.69, 9.17) is 5.11 Å². The lowest BCUT2D eigenvalue weighted by atomic mass is 9.79. The Morgan fingerprint density at radius 3 is 2.67 bits per heavy atom. The maximum atomic E-state index is 10.6. The molecule has 1 aromatic carbocycles. The second-order valence-corrected chi connectivity index (χ2v) is 5.60. The van der Waals surface area contributed by atoms with E-state index in [9.17, 15) is 4.79 Å². The zero-order valence-corrected chi connectivity index (χ0v) is 11.1. The summed E-state index contributed by atoms with van der Waals surface area (Å²) in [7, 11) is 0. The minimum atomic E-state index is -0.716. The number of benzene rings is 1. The summed E-state index contributed by atoms with van der Waals surface area (Å²) in [4.78, 5) is 10.6. The van der Waals surface area contributed by atoms with Crippen molar-refractivity contribution in [2.24, 2.45) is 5.92 Å². The van der Waals surface area contributed by atoms with E-state index in [1.807, 2.05) is 6.07 Å². The molecule has 1 N–H and O–H groups in total. The molecule has 2 rings (SSSR count). The lowest BCUT2D eigenvalue weighted by Crippen LogP contribution is -2.11. The molecule has 1 aliphatic carbocycles. The Morgan fingerprint density at radius 2 is 2.00 bits per heavy atom. The molecule has 18 heavy (non-hydrogen) atoms. The van der Waals surface area contributed by atoms with E-state index in [1.54, 1.807) is 0 Å². The quantitative estimate of drug-likeness (QED) is 0.872. The molecule has 0 unspecified atom stereocenters. The standard InChI is InChI=1S/C16H22O2/c1-12-5-8-14(9-6-12)15-4-2-3-13(11-15)7-10-16(17)18/h2-4,11-12,14H,5-10H2,1H3,(H,17,18). The normalized spacial score (nSPS) is 23.8. The van der Waals surface area contributed by atoms with E-state index in [-0.39, 0.29) is 6.42 Å². The van der Waals surface area contributed by atoms with Gasteiger partial charge in [-0.05, 0) is 42.2 Å². The first kappa shape index (κ1) is 13.1. The van der Waals surface area contributed by atoms with Gasteiger partial charge in [-0.15, -0.1) is 0 Å². The highest BCUT2D eigenvalue weighted by Gasteiger charge is 2.19. The molecule has 0 heterocycles. The average molecular weight is 246 g/mol. The molecule has 0 spiro atoms. The summed E-state index contributed by atoms with van der Waals surface area (Å²) in [6.07, 6.45) is 6.08. The van der Waals surface area contributed by atoms with Crippen molar-refractivity contribution in [3.8, 4) is 0 Å². The maximum Gasteiger partial charge on any atom is 0.303 e. The molecule has 1 fully saturated rings. The van der Waals surface area contributed by atoms with Crippen molar-refractivity contribution in [1.82, 2.24) is 0 Å². The maximum absolute atomic E-state index is 10.6. The molecule has 0 amide bonds. The number of hydrogen-bond donors (Lipinski definition) is 1. The molecule has 0 saturated heterocycles. The number of aliphatic carboxylic acids is 1. The van der Waals surface area contributed by atoms with Crippen LogP contribution in [-0.4, -0.2) is 11.1 Å². The summed E-state index contributed by atoms with van der Waals surface area (Å²) in [5, 5.41) is 8.72. The van der Waals surface area contributed by atoms with Gasteiger partial charge >= 0.3 is 5.97 Å². The fraction of sp³-hybridized carbons (Fsp3) is 0.562. The first-order chi connectivity index (χ1) is 8.65. The lowest BCUT2D eigenvalue weighted by molar-refractivity contribution is -0.136. The Morgan fingerprint density at radius 1 is 1.28 bits per heavy atom. The Hall–Kier alpha value is -1.31. The first-order valence-corrected chi connectivity index (χ1v) is 6.96. The van der Waals surface area contributed by atoms with Crippen LogP contribution in [0.25, 0.3) is 0 Å². The average Bonchev–Trinajstić information content (AvgIpc) is 2.37. The zero-order valence-electron chi connectivity index (χ0n) is 11.1. The van der Waals surface area contributed by atoms with Gasteiger partial charge in [-0.1, -0.05) is 44.0 Å². The van der Waals surface area contributed by atoms with Crippen molar-refractivity contribution in [2.75, 3.05) is 0 Å². The summed E-state index contributed by atoms with van der Waals surface area (Å²) in [5.74, 6) is 0.842. The van der Waals surface area contributed by atoms with Gasteiger partial charge in [-0.3, -0.25) is 4.79 Å². The molecule has 0 radical (unpaired) electrons. The van der Waals surface area contributed by atoms with Crippen molar-refractivity contribution in [1.29, 1.82) is 0 Å². The van der Waals surface area contributed by atoms with Crippen molar-refractivity contribution >= 4 is 5.97 Å². The fourth-order valence-corrected chi connectivity index (χ4v) is 2.85. The van der Waals surface area contributed by atoms with Gasteiger partial charge in [0, 0.05) is 6.42 Å². The van der Waals surface area contributed by atoms with Crippen LogP contribution in [0.3, 0.4) is 0 Å². The third-order valence-electron chi connectivity index (χ3n) is 4.07. The lowest BCUT2D eigenvalue weighted by Gasteiger charge is -2.26. The molecule has 1 aromatic rings. The van der Waals surface area contributed by atoms with Gasteiger partial charge < -0.3 is 5.11 Å². The van der Waals surface area contributed by atoms with Crippen molar-refractivity contribution in [3.63, 3.8) is 0 Å². The summed E-state index contributed by atoms with van der Waals surface area (Å²) in [6, 6.07) is 8.52. The molecule has 2 heteroatoms. The van der Waals surface area contributed by atoms with E-state index in [2.05, 4.69) is 25.1 Å². The van der Waals surface area contributed by atoms with E-state index in [1.165, 1.54) is 31.2 Å². The van der Waals surface area contributed by atoms with Gasteiger partial charge in [-0.25, -0.2) is 0 Å². The van der Waals surface area contributed by atoms with Crippen LogP contribution in [0.2, 0.25) is 0 Å². The number of carbonyl (C=O) groups is 1. The molecular formula is C16H22O2. The van der Waals surface area contributed by atoms with E-state index in [0.29, 0.717) is 12.3 Å². The fourth-order valence-electron chi connectivity index (χ4n) is 2.85. The highest BCUT2D eigenvalue weighted by molar-refractivity contribution is 5.67. The van der Waals surface area contributed by atoms with Gasteiger partial charge in [0.25, 0.3) is 0 Å². The highest BCUT2D eigenvalue weighted by Crippen LogP contribution is 2.35. The Labute approximate surface area is 109 Å². The van der Waals surface area contributed by atoms with Crippen LogP contribution in [0.1, 0.15) is 56.1 Å². The minimum absolute atomic E-state index is 0.227. The number of hydrogen-bond acceptors (Lipinski definition) is 1. The van der Waals surface area contributed by atoms with Crippen LogP contribution >= 0.6 is 0 Å². The molecule has 0 aliphatic heterocycles. The summed E-state index contributed by atoms with van der Waals surface area (Å²) < 4.78 is 0. The van der Waals surface area contributed by atoms with Gasteiger partial charge in [0.1, 0.15) is 0 Å². The zero-order chi connectivity index (χ0) is 13.0. The summed E-state index contributed by atoms with van der Waals surface area (Å²) >= 11 is 0. The number of aryl methyl sites for hydroxylation is 1. The molecule has 0 aromatic heterocycles. The van der Waals surface area contributed by atoms with Crippen molar-refractivity contribution in [3.05, 3.63) is 35.4 Å². The topological polar surface area (TPSA) is 37.3 Å². The molecule has 1 saturated carbocycles. The highest BCUT2D eigenvalue weighted by atomic mass is 16.4. The molecular weight excluding hydrogens is 224 g/mol. The Balaban J connectivity index is 2.00. The minimum Gasteiger partial charge on any atom is -0.481 e. The predicted octanol–water partition coefficient (Wildman–Crippen LogP) is 4.00. The number of carboxylic acid groups (broad SMARTS) is 1. The van der Waals surface area contributed by atoms with Crippen LogP contribution in [0.4, 0.5) is 0 Å². The Kier molecular flexibility index (Phi) is 4.40. The smallest absolute Gasteiger partial charge is 0.303 e. The van der Waals surface area contributed by atoms with Crippen LogP contribution in [-0.2, 0) is 11.2 Å². The third-order valence-corrected chi connectivity index (χ3v) is 4.07. The summed E-state index contributed by atoms with van der Waals surface area (Å²) in [5.41, 5.74) is 2.57. The number of carboxylic acids is 1. The van der Waals surface area contributed by atoms with Crippen LogP contribution in [0, 0.1) is 5.92 Å². The summed E-state index contributed by atoms with van der Waals surface area (Å²) in [6.45, 7) is 2.33. The SMILES string of the molecule is CC1CCC(c2cccc(CCC(=O)O)c2)CC1. The second kappa shape index (κ2) is 6.03. The molecule has 2 nitrogen and oxygen atoms in total. The second-order valence-electron chi connectivity index (χ2n) is 5.60. The van der Waals surface area contributed by atoms with E-state index in [0.717, 1.165) is 11.5 Å². The third kappa shape index (κ3) is 3.59. The van der Waals surface area contributed by atoms with Crippen LogP contribution < -0.4 is 0 Å². The van der Waals surface area contributed by atoms with Gasteiger partial charge in [0.2, 0.25) is 0 Å². The van der Waals surface area contributed by atoms with Crippen LogP contribution in [0.5, 0.6) is 0 Å². The van der Waals surface area contributed by atoms with Gasteiger partial charge in [-0.2, -0.15) is 0 Å². The van der Waals surface area contributed by atoms with Crippen molar-refractivity contribution in [2.45, 2.75) is 51.4 Å². The largest absolute Gasteiger partial charge is 0.481 e. The number of rotatable bonds is 4. The molecule has 0 atom stereocenters. The molecule has 98 valence electrons. The van der Waals surface area contributed by atoms with Crippen molar-refractivity contribution < 1.29 is 9.90 Å². The van der Waals surface area contributed by atoms with E-state index >= 15 is 0 Å². The van der Waals surface area contributed by atoms with Crippen LogP contribution in [0.15, 0.2) is 24.3 Å². The first-order valence-electron chi connectivity index (χ1n) is 6.96. The molecule has 1 aliphatic rings. The Bertz CT molecular complexity index is 403. The van der Waals surface area contributed by atoms with Gasteiger partial charge in [0.05, 0.1) is 0 Å². The van der Waals surface area contributed by atoms with E-state index < -0.39 is 5.97 Å². The monoisotopic (exact) mass is 246 g/mol. The predicted molar refractivity (Wildman–Crippen MR) is 72.8 cm³/mol.